The second-order valence-electron chi connectivity index (χ2n) is 9.97. The molecule has 0 saturated heterocycles. The summed E-state index contributed by atoms with van der Waals surface area (Å²) >= 11 is 0. The van der Waals surface area contributed by atoms with Gasteiger partial charge in [0.1, 0.15) is 24.1 Å². The van der Waals surface area contributed by atoms with E-state index in [1.165, 1.54) is 31.3 Å². The van der Waals surface area contributed by atoms with Crippen LogP contribution in [0.3, 0.4) is 0 Å². The van der Waals surface area contributed by atoms with E-state index in [0.717, 1.165) is 15.4 Å². The van der Waals surface area contributed by atoms with E-state index in [2.05, 4.69) is 5.32 Å². The minimum Gasteiger partial charge on any atom is -0.497 e. The molecule has 44 heavy (non-hydrogen) atoms. The largest absolute Gasteiger partial charge is 0.497 e. The first-order chi connectivity index (χ1) is 21.3. The van der Waals surface area contributed by atoms with E-state index < -0.39 is 28.5 Å². The van der Waals surface area contributed by atoms with Crippen molar-refractivity contribution in [1.29, 1.82) is 0 Å². The van der Waals surface area contributed by atoms with Crippen LogP contribution in [-0.4, -0.2) is 58.5 Å². The highest BCUT2D eigenvalue weighted by Gasteiger charge is 2.35. The van der Waals surface area contributed by atoms with Crippen molar-refractivity contribution < 1.29 is 27.5 Å². The number of likely N-dealkylation sites (N-methyl/N-ethyl adjacent to an activating group) is 1. The number of para-hydroxylation sites is 2. The molecule has 0 aliphatic carbocycles. The average Bonchev–Trinajstić information content (AvgIpc) is 3.06. The first-order valence-electron chi connectivity index (χ1n) is 14.2. The van der Waals surface area contributed by atoms with Gasteiger partial charge in [-0.3, -0.25) is 13.9 Å². The molecule has 1 N–H and O–H groups in total. The summed E-state index contributed by atoms with van der Waals surface area (Å²) in [6, 6.07) is 30.4. The maximum absolute atomic E-state index is 14.4. The van der Waals surface area contributed by atoms with Gasteiger partial charge in [-0.15, -0.1) is 0 Å². The fraction of sp³-hybridized carbons (Fsp3) is 0.235. The summed E-state index contributed by atoms with van der Waals surface area (Å²) < 4.78 is 40.1. The first-order valence-corrected chi connectivity index (χ1v) is 15.7. The number of hydrogen-bond acceptors (Lipinski definition) is 6. The van der Waals surface area contributed by atoms with E-state index in [-0.39, 0.29) is 35.2 Å². The fourth-order valence-electron chi connectivity index (χ4n) is 4.85. The maximum Gasteiger partial charge on any atom is 0.264 e. The molecule has 0 spiro atoms. The van der Waals surface area contributed by atoms with Gasteiger partial charge in [-0.1, -0.05) is 72.8 Å². The SMILES string of the molecule is CCNC(=O)[C@@H](Cc1ccccc1)N(Cc1ccccc1)C(=O)CN(c1ccccc1OC)S(=O)(=O)c1ccc(OC)cc1. The fourth-order valence-corrected chi connectivity index (χ4v) is 6.27. The van der Waals surface area contributed by atoms with Crippen LogP contribution in [0.4, 0.5) is 5.69 Å². The summed E-state index contributed by atoms with van der Waals surface area (Å²) in [4.78, 5) is 29.4. The van der Waals surface area contributed by atoms with Crippen LogP contribution in [0.15, 0.2) is 114 Å². The van der Waals surface area contributed by atoms with Crippen LogP contribution in [0.25, 0.3) is 0 Å². The number of carbonyl (C=O) groups is 2. The number of sulfonamides is 1. The molecule has 4 rings (SSSR count). The standard InChI is InChI=1S/C34H37N3O6S/c1-4-35-34(39)31(23-26-13-7-5-8-14-26)36(24-27-15-9-6-10-16-27)33(38)25-37(30-17-11-12-18-32(30)43-3)44(40,41)29-21-19-28(42-2)20-22-29/h5-22,31H,4,23-25H2,1-3H3,(H,35,39)/t31-/m1/s1. The molecule has 4 aromatic carbocycles. The summed E-state index contributed by atoms with van der Waals surface area (Å²) in [5.74, 6) is -0.119. The number of hydrogen-bond donors (Lipinski definition) is 1. The van der Waals surface area contributed by atoms with Gasteiger partial charge in [-0.2, -0.15) is 0 Å². The van der Waals surface area contributed by atoms with Crippen molar-refractivity contribution in [3.63, 3.8) is 0 Å². The summed E-state index contributed by atoms with van der Waals surface area (Å²) in [6.07, 6.45) is 0.241. The Morgan fingerprint density at radius 1 is 0.773 bits per heavy atom. The van der Waals surface area contributed by atoms with Crippen LogP contribution >= 0.6 is 0 Å². The van der Waals surface area contributed by atoms with Crippen molar-refractivity contribution in [2.45, 2.75) is 30.8 Å². The third kappa shape index (κ3) is 7.76. The van der Waals surface area contributed by atoms with Crippen molar-refractivity contribution in [3.8, 4) is 11.5 Å². The molecule has 4 aromatic rings. The van der Waals surface area contributed by atoms with Crippen LogP contribution < -0.4 is 19.1 Å². The molecule has 230 valence electrons. The van der Waals surface area contributed by atoms with Gasteiger partial charge in [0, 0.05) is 19.5 Å². The van der Waals surface area contributed by atoms with Crippen molar-refractivity contribution >= 4 is 27.5 Å². The van der Waals surface area contributed by atoms with Crippen LogP contribution in [0.5, 0.6) is 11.5 Å². The Balaban J connectivity index is 1.81. The monoisotopic (exact) mass is 615 g/mol. The number of carbonyl (C=O) groups excluding carboxylic acids is 2. The van der Waals surface area contributed by atoms with Gasteiger partial charge in [-0.05, 0) is 54.4 Å². The molecule has 0 bridgehead atoms. The predicted octanol–water partition coefficient (Wildman–Crippen LogP) is 4.68. The van der Waals surface area contributed by atoms with Crippen LogP contribution in [0.1, 0.15) is 18.1 Å². The zero-order valence-corrected chi connectivity index (χ0v) is 25.9. The summed E-state index contributed by atoms with van der Waals surface area (Å²) in [7, 11) is -1.35. The zero-order chi connectivity index (χ0) is 31.5. The topological polar surface area (TPSA) is 105 Å². The number of benzene rings is 4. The van der Waals surface area contributed by atoms with E-state index in [0.29, 0.717) is 12.3 Å². The Hall–Kier alpha value is -4.83. The van der Waals surface area contributed by atoms with Gasteiger partial charge in [0.25, 0.3) is 10.0 Å². The number of ether oxygens (including phenoxy) is 2. The Morgan fingerprint density at radius 2 is 1.36 bits per heavy atom. The normalized spacial score (nSPS) is 11.7. The van der Waals surface area contributed by atoms with E-state index in [1.54, 1.807) is 36.4 Å². The van der Waals surface area contributed by atoms with E-state index in [1.807, 2.05) is 67.6 Å². The van der Waals surface area contributed by atoms with Gasteiger partial charge in [0.2, 0.25) is 11.8 Å². The lowest BCUT2D eigenvalue weighted by molar-refractivity contribution is -0.140. The van der Waals surface area contributed by atoms with Gasteiger partial charge in [0.15, 0.2) is 0 Å². The number of anilines is 1. The Kier molecular flexibility index (Phi) is 11.0. The lowest BCUT2D eigenvalue weighted by atomic mass is 10.0. The number of rotatable bonds is 14. The number of nitrogens with zero attached hydrogens (tertiary/aromatic N) is 2. The van der Waals surface area contributed by atoms with Crippen molar-refractivity contribution in [2.75, 3.05) is 31.6 Å². The molecule has 0 aliphatic heterocycles. The Labute approximate surface area is 259 Å². The molecule has 9 nitrogen and oxygen atoms in total. The third-order valence-corrected chi connectivity index (χ3v) is 8.87. The molecule has 0 heterocycles. The van der Waals surface area contributed by atoms with Crippen LogP contribution in [0, 0.1) is 0 Å². The van der Waals surface area contributed by atoms with Crippen LogP contribution in [0.2, 0.25) is 0 Å². The molecule has 2 amide bonds. The molecular formula is C34H37N3O6S. The van der Waals surface area contributed by atoms with Crippen molar-refractivity contribution in [1.82, 2.24) is 10.2 Å². The summed E-state index contributed by atoms with van der Waals surface area (Å²) in [5, 5.41) is 2.86. The van der Waals surface area contributed by atoms with Gasteiger partial charge >= 0.3 is 0 Å². The predicted molar refractivity (Wildman–Crippen MR) is 170 cm³/mol. The minimum absolute atomic E-state index is 0.0313. The second-order valence-corrected chi connectivity index (χ2v) is 11.8. The molecule has 0 radical (unpaired) electrons. The molecule has 0 fully saturated rings. The Morgan fingerprint density at radius 3 is 1.95 bits per heavy atom. The molecule has 0 unspecified atom stereocenters. The van der Waals surface area contributed by atoms with E-state index in [9.17, 15) is 18.0 Å². The molecule has 1 atom stereocenters. The van der Waals surface area contributed by atoms with Crippen molar-refractivity contribution in [2.24, 2.45) is 0 Å². The average molecular weight is 616 g/mol. The number of methoxy groups -OCH3 is 2. The lowest BCUT2D eigenvalue weighted by Gasteiger charge is -2.34. The molecule has 0 saturated carbocycles. The summed E-state index contributed by atoms with van der Waals surface area (Å²) in [6.45, 7) is 1.70. The maximum atomic E-state index is 14.4. The van der Waals surface area contributed by atoms with Gasteiger partial charge in [-0.25, -0.2) is 8.42 Å². The smallest absolute Gasteiger partial charge is 0.264 e. The van der Waals surface area contributed by atoms with Gasteiger partial charge in [0.05, 0.1) is 24.8 Å². The van der Waals surface area contributed by atoms with E-state index >= 15 is 0 Å². The number of amides is 2. The molecule has 0 aliphatic rings. The summed E-state index contributed by atoms with van der Waals surface area (Å²) in [5.41, 5.74) is 1.85. The van der Waals surface area contributed by atoms with Gasteiger partial charge < -0.3 is 19.7 Å². The zero-order valence-electron chi connectivity index (χ0n) is 25.1. The third-order valence-electron chi connectivity index (χ3n) is 7.10. The molecule has 10 heteroatoms. The Bertz CT molecular complexity index is 1630. The molecular weight excluding hydrogens is 578 g/mol. The lowest BCUT2D eigenvalue weighted by Crippen LogP contribution is -2.53. The van der Waals surface area contributed by atoms with Crippen molar-refractivity contribution in [3.05, 3.63) is 120 Å². The highest BCUT2D eigenvalue weighted by Crippen LogP contribution is 2.33. The van der Waals surface area contributed by atoms with Crippen LogP contribution in [-0.2, 0) is 32.6 Å². The quantitative estimate of drug-likeness (QED) is 0.221. The minimum atomic E-state index is -4.28. The second kappa shape index (κ2) is 15.1. The molecule has 0 aromatic heterocycles. The highest BCUT2D eigenvalue weighted by molar-refractivity contribution is 7.92. The number of nitrogens with one attached hydrogen (secondary N) is 1. The van der Waals surface area contributed by atoms with E-state index in [4.69, 9.17) is 9.47 Å². The highest BCUT2D eigenvalue weighted by atomic mass is 32.2. The first kappa shape index (κ1) is 32.1.